The lowest BCUT2D eigenvalue weighted by atomic mass is 10.1. The standard InChI is InChI=1S/C13H18O5/c14-11(7-13(16)17)6-12(15)9-18-8-10-4-2-1-3-5-10/h1-5,11-12,14-15H,6-9H2,(H,16,17)/t11-,12+/m0/s1. The molecule has 1 aromatic carbocycles. The molecule has 5 nitrogen and oxygen atoms in total. The first-order valence-electron chi connectivity index (χ1n) is 5.77. The Balaban J connectivity index is 2.17. The van der Waals surface area contributed by atoms with Crippen molar-refractivity contribution in [2.75, 3.05) is 6.61 Å². The van der Waals surface area contributed by atoms with E-state index in [1.54, 1.807) is 0 Å². The Labute approximate surface area is 106 Å². The van der Waals surface area contributed by atoms with Crippen molar-refractivity contribution in [3.05, 3.63) is 35.9 Å². The highest BCUT2D eigenvalue weighted by Crippen LogP contribution is 2.05. The molecule has 0 aliphatic heterocycles. The lowest BCUT2D eigenvalue weighted by Gasteiger charge is -2.14. The summed E-state index contributed by atoms with van der Waals surface area (Å²) in [4.78, 5) is 10.3. The summed E-state index contributed by atoms with van der Waals surface area (Å²) in [6, 6.07) is 9.51. The summed E-state index contributed by atoms with van der Waals surface area (Å²) in [7, 11) is 0. The van der Waals surface area contributed by atoms with E-state index < -0.39 is 18.2 Å². The van der Waals surface area contributed by atoms with Gasteiger partial charge in [-0.05, 0) is 5.56 Å². The van der Waals surface area contributed by atoms with Gasteiger partial charge in [0.1, 0.15) is 0 Å². The van der Waals surface area contributed by atoms with Gasteiger partial charge in [-0.25, -0.2) is 0 Å². The van der Waals surface area contributed by atoms with E-state index in [4.69, 9.17) is 9.84 Å². The van der Waals surface area contributed by atoms with Crippen LogP contribution in [0, 0.1) is 0 Å². The van der Waals surface area contributed by atoms with Gasteiger partial charge >= 0.3 is 5.97 Å². The number of carboxylic acids is 1. The summed E-state index contributed by atoms with van der Waals surface area (Å²) in [5.41, 5.74) is 0.996. The average molecular weight is 254 g/mol. The largest absolute Gasteiger partial charge is 0.481 e. The molecule has 0 aliphatic carbocycles. The van der Waals surface area contributed by atoms with Crippen molar-refractivity contribution in [2.24, 2.45) is 0 Å². The Morgan fingerprint density at radius 2 is 1.83 bits per heavy atom. The van der Waals surface area contributed by atoms with E-state index in [1.807, 2.05) is 30.3 Å². The molecule has 3 N–H and O–H groups in total. The monoisotopic (exact) mass is 254 g/mol. The molecule has 0 unspecified atom stereocenters. The Morgan fingerprint density at radius 1 is 1.17 bits per heavy atom. The summed E-state index contributed by atoms with van der Waals surface area (Å²) in [6.45, 7) is 0.457. The smallest absolute Gasteiger partial charge is 0.305 e. The van der Waals surface area contributed by atoms with Crippen molar-refractivity contribution in [3.63, 3.8) is 0 Å². The number of hydrogen-bond donors (Lipinski definition) is 3. The van der Waals surface area contributed by atoms with E-state index in [0.717, 1.165) is 5.56 Å². The first kappa shape index (κ1) is 14.6. The topological polar surface area (TPSA) is 87.0 Å². The number of rotatable bonds is 8. The molecule has 0 amide bonds. The van der Waals surface area contributed by atoms with Gasteiger partial charge in [0, 0.05) is 6.42 Å². The molecule has 18 heavy (non-hydrogen) atoms. The highest BCUT2D eigenvalue weighted by molar-refractivity contribution is 5.67. The summed E-state index contributed by atoms with van der Waals surface area (Å²) in [5.74, 6) is -1.08. The zero-order valence-corrected chi connectivity index (χ0v) is 10.0. The van der Waals surface area contributed by atoms with Crippen LogP contribution in [-0.4, -0.2) is 40.1 Å². The van der Waals surface area contributed by atoms with Crippen LogP contribution in [0.15, 0.2) is 30.3 Å². The van der Waals surface area contributed by atoms with Crippen molar-refractivity contribution >= 4 is 5.97 Å². The van der Waals surface area contributed by atoms with E-state index in [2.05, 4.69) is 0 Å². The Bertz CT molecular complexity index is 352. The maximum absolute atomic E-state index is 10.3. The summed E-state index contributed by atoms with van der Waals surface area (Å²) in [5, 5.41) is 27.3. The van der Waals surface area contributed by atoms with Gasteiger partial charge in [-0.3, -0.25) is 4.79 Å². The molecule has 0 aromatic heterocycles. The third kappa shape index (κ3) is 6.34. The second-order valence-corrected chi connectivity index (χ2v) is 4.14. The number of hydrogen-bond acceptors (Lipinski definition) is 4. The van der Waals surface area contributed by atoms with Gasteiger partial charge < -0.3 is 20.1 Å². The molecule has 2 atom stereocenters. The lowest BCUT2D eigenvalue weighted by molar-refractivity contribution is -0.139. The van der Waals surface area contributed by atoms with Crippen molar-refractivity contribution in [3.8, 4) is 0 Å². The molecule has 0 spiro atoms. The van der Waals surface area contributed by atoms with Crippen molar-refractivity contribution < 1.29 is 24.9 Å². The number of ether oxygens (including phenoxy) is 1. The zero-order valence-electron chi connectivity index (χ0n) is 10.0. The van der Waals surface area contributed by atoms with E-state index in [0.29, 0.717) is 6.61 Å². The number of carboxylic acid groups (broad SMARTS) is 1. The fraction of sp³-hybridized carbons (Fsp3) is 0.462. The minimum absolute atomic E-state index is 0.00108. The van der Waals surface area contributed by atoms with Crippen molar-refractivity contribution in [1.82, 2.24) is 0 Å². The van der Waals surface area contributed by atoms with Gasteiger partial charge in [0.25, 0.3) is 0 Å². The van der Waals surface area contributed by atoms with E-state index in [-0.39, 0.29) is 19.4 Å². The predicted molar refractivity (Wildman–Crippen MR) is 65.0 cm³/mol. The van der Waals surface area contributed by atoms with E-state index >= 15 is 0 Å². The molecule has 0 saturated carbocycles. The summed E-state index contributed by atoms with van der Waals surface area (Å²) in [6.07, 6.45) is -2.27. The zero-order chi connectivity index (χ0) is 13.4. The Morgan fingerprint density at radius 3 is 2.44 bits per heavy atom. The van der Waals surface area contributed by atoms with E-state index in [9.17, 15) is 15.0 Å². The van der Waals surface area contributed by atoms with Crippen LogP contribution in [0.5, 0.6) is 0 Å². The molecule has 0 radical (unpaired) electrons. The Kier molecular flexibility index (Phi) is 6.35. The second kappa shape index (κ2) is 7.81. The average Bonchev–Trinajstić information content (AvgIpc) is 2.29. The molecular formula is C13H18O5. The second-order valence-electron chi connectivity index (χ2n) is 4.14. The number of carbonyl (C=O) groups is 1. The van der Waals surface area contributed by atoms with Crippen LogP contribution in [0.3, 0.4) is 0 Å². The Hall–Kier alpha value is -1.43. The third-order valence-electron chi connectivity index (χ3n) is 2.38. The maximum atomic E-state index is 10.3. The highest BCUT2D eigenvalue weighted by Gasteiger charge is 2.15. The lowest BCUT2D eigenvalue weighted by Crippen LogP contribution is -2.24. The molecule has 0 saturated heterocycles. The van der Waals surface area contributed by atoms with Crippen LogP contribution in [0.4, 0.5) is 0 Å². The highest BCUT2D eigenvalue weighted by atomic mass is 16.5. The number of aliphatic carboxylic acids is 1. The van der Waals surface area contributed by atoms with Crippen LogP contribution in [0.1, 0.15) is 18.4 Å². The minimum Gasteiger partial charge on any atom is -0.481 e. The summed E-state index contributed by atoms with van der Waals surface area (Å²) < 4.78 is 5.28. The van der Waals surface area contributed by atoms with Gasteiger partial charge in [-0.15, -0.1) is 0 Å². The van der Waals surface area contributed by atoms with Gasteiger partial charge in [0.2, 0.25) is 0 Å². The molecular weight excluding hydrogens is 236 g/mol. The first-order chi connectivity index (χ1) is 8.58. The molecule has 1 aromatic rings. The minimum atomic E-state index is -1.08. The van der Waals surface area contributed by atoms with Gasteiger partial charge in [0.15, 0.2) is 0 Å². The number of aliphatic hydroxyl groups is 2. The third-order valence-corrected chi connectivity index (χ3v) is 2.38. The van der Waals surface area contributed by atoms with Gasteiger partial charge in [-0.1, -0.05) is 30.3 Å². The van der Waals surface area contributed by atoms with Crippen LogP contribution < -0.4 is 0 Å². The molecule has 0 aliphatic rings. The molecule has 5 heteroatoms. The molecule has 0 heterocycles. The van der Waals surface area contributed by atoms with Crippen LogP contribution in [-0.2, 0) is 16.1 Å². The van der Waals surface area contributed by atoms with Crippen LogP contribution >= 0.6 is 0 Å². The van der Waals surface area contributed by atoms with E-state index in [1.165, 1.54) is 0 Å². The maximum Gasteiger partial charge on any atom is 0.305 e. The number of benzene rings is 1. The first-order valence-corrected chi connectivity index (χ1v) is 5.77. The predicted octanol–water partition coefficient (Wildman–Crippen LogP) is 0.790. The van der Waals surface area contributed by atoms with Crippen molar-refractivity contribution in [1.29, 1.82) is 0 Å². The quantitative estimate of drug-likeness (QED) is 0.638. The fourth-order valence-electron chi connectivity index (χ4n) is 1.55. The van der Waals surface area contributed by atoms with Gasteiger partial charge in [-0.2, -0.15) is 0 Å². The van der Waals surface area contributed by atoms with Crippen LogP contribution in [0.25, 0.3) is 0 Å². The normalized spacial score (nSPS) is 14.1. The molecule has 0 bridgehead atoms. The fourth-order valence-corrected chi connectivity index (χ4v) is 1.55. The SMILES string of the molecule is O=C(O)C[C@@H](O)C[C@@H](O)COCc1ccccc1. The van der Waals surface area contributed by atoms with Crippen molar-refractivity contribution in [2.45, 2.75) is 31.7 Å². The number of aliphatic hydroxyl groups excluding tert-OH is 2. The summed E-state index contributed by atoms with van der Waals surface area (Å²) >= 11 is 0. The molecule has 1 rings (SSSR count). The molecule has 100 valence electrons. The van der Waals surface area contributed by atoms with Crippen LogP contribution in [0.2, 0.25) is 0 Å². The molecule has 0 fully saturated rings. The van der Waals surface area contributed by atoms with Gasteiger partial charge in [0.05, 0.1) is 31.8 Å².